The third-order valence-electron chi connectivity index (χ3n) is 5.52. The number of para-hydroxylation sites is 1. The molecule has 0 unspecified atom stereocenters. The number of aryl methyl sites for hydroxylation is 1. The first kappa shape index (κ1) is 18.9. The van der Waals surface area contributed by atoms with Crippen molar-refractivity contribution in [3.8, 4) is 0 Å². The second-order valence-corrected chi connectivity index (χ2v) is 7.55. The number of benzene rings is 1. The van der Waals surface area contributed by atoms with Gasteiger partial charge in [0.15, 0.2) is 0 Å². The van der Waals surface area contributed by atoms with Crippen molar-refractivity contribution in [2.24, 2.45) is 18.7 Å². The van der Waals surface area contributed by atoms with Gasteiger partial charge in [-0.3, -0.25) is 9.59 Å². The SMILES string of the molecule is Cn1cc(C(=CC2CCCC2)C(=O)Nc2ccc(C(N)=O)cn2)c2ccccc21. The predicted molar refractivity (Wildman–Crippen MR) is 114 cm³/mol. The maximum absolute atomic E-state index is 13.3. The number of fused-ring (bicyclic) bond motifs is 1. The van der Waals surface area contributed by atoms with Gasteiger partial charge in [0.2, 0.25) is 5.91 Å². The Morgan fingerprint density at radius 3 is 2.62 bits per heavy atom. The van der Waals surface area contributed by atoms with Gasteiger partial charge in [-0.25, -0.2) is 4.98 Å². The molecule has 0 saturated heterocycles. The molecule has 1 aliphatic rings. The second-order valence-electron chi connectivity index (χ2n) is 7.55. The van der Waals surface area contributed by atoms with E-state index in [1.165, 1.54) is 19.0 Å². The molecule has 148 valence electrons. The summed E-state index contributed by atoms with van der Waals surface area (Å²) in [6.45, 7) is 0. The number of nitrogens with zero attached hydrogens (tertiary/aromatic N) is 2. The van der Waals surface area contributed by atoms with E-state index in [4.69, 9.17) is 5.73 Å². The van der Waals surface area contributed by atoms with Crippen LogP contribution in [0.15, 0.2) is 54.9 Å². The molecular weight excluding hydrogens is 364 g/mol. The Labute approximate surface area is 169 Å². The van der Waals surface area contributed by atoms with Crippen LogP contribution >= 0.6 is 0 Å². The minimum Gasteiger partial charge on any atom is -0.366 e. The molecule has 3 aromatic rings. The Hall–Kier alpha value is -3.41. The predicted octanol–water partition coefficient (Wildman–Crippen LogP) is 3.88. The summed E-state index contributed by atoms with van der Waals surface area (Å²) < 4.78 is 2.04. The number of primary amides is 1. The third kappa shape index (κ3) is 3.92. The van der Waals surface area contributed by atoms with Crippen LogP contribution in [0.3, 0.4) is 0 Å². The highest BCUT2D eigenvalue weighted by Gasteiger charge is 2.21. The molecule has 0 aliphatic heterocycles. The number of carbonyl (C=O) groups excluding carboxylic acids is 2. The molecule has 29 heavy (non-hydrogen) atoms. The lowest BCUT2D eigenvalue weighted by molar-refractivity contribution is -0.111. The van der Waals surface area contributed by atoms with Gasteiger partial charge in [0, 0.05) is 41.5 Å². The molecule has 1 fully saturated rings. The summed E-state index contributed by atoms with van der Waals surface area (Å²) in [5, 5.41) is 3.92. The first-order chi connectivity index (χ1) is 14.0. The van der Waals surface area contributed by atoms with Crippen molar-refractivity contribution in [2.45, 2.75) is 25.7 Å². The Balaban J connectivity index is 1.70. The smallest absolute Gasteiger partial charge is 0.257 e. The van der Waals surface area contributed by atoms with Crippen molar-refractivity contribution >= 4 is 34.1 Å². The molecule has 1 aromatic carbocycles. The number of allylic oxidation sites excluding steroid dienone is 1. The Morgan fingerprint density at radius 2 is 1.93 bits per heavy atom. The maximum Gasteiger partial charge on any atom is 0.257 e. The van der Waals surface area contributed by atoms with E-state index < -0.39 is 5.91 Å². The van der Waals surface area contributed by atoms with Crippen LogP contribution in [0.25, 0.3) is 16.5 Å². The fourth-order valence-electron chi connectivity index (χ4n) is 4.00. The quantitative estimate of drug-likeness (QED) is 0.650. The number of hydrogen-bond donors (Lipinski definition) is 2. The van der Waals surface area contributed by atoms with Crippen molar-refractivity contribution < 1.29 is 9.59 Å². The lowest BCUT2D eigenvalue weighted by atomic mass is 9.97. The summed E-state index contributed by atoms with van der Waals surface area (Å²) in [7, 11) is 1.99. The van der Waals surface area contributed by atoms with Crippen LogP contribution in [0, 0.1) is 5.92 Å². The number of amides is 2. The number of carbonyl (C=O) groups is 2. The van der Waals surface area contributed by atoms with Crippen molar-refractivity contribution in [1.29, 1.82) is 0 Å². The largest absolute Gasteiger partial charge is 0.366 e. The zero-order valence-electron chi connectivity index (χ0n) is 16.4. The molecule has 0 radical (unpaired) electrons. The topological polar surface area (TPSA) is 90.0 Å². The molecule has 2 amide bonds. The number of hydrogen-bond acceptors (Lipinski definition) is 3. The number of aromatic nitrogens is 2. The molecule has 0 bridgehead atoms. The minimum atomic E-state index is -0.548. The van der Waals surface area contributed by atoms with E-state index in [1.54, 1.807) is 12.1 Å². The van der Waals surface area contributed by atoms with Gasteiger partial charge in [-0.2, -0.15) is 0 Å². The number of nitrogens with one attached hydrogen (secondary N) is 1. The van der Waals surface area contributed by atoms with E-state index in [9.17, 15) is 9.59 Å². The Kier molecular flexibility index (Phi) is 5.16. The molecule has 0 spiro atoms. The summed E-state index contributed by atoms with van der Waals surface area (Å²) >= 11 is 0. The van der Waals surface area contributed by atoms with Crippen molar-refractivity contribution in [3.05, 3.63) is 66.0 Å². The van der Waals surface area contributed by atoms with Crippen LogP contribution < -0.4 is 11.1 Å². The standard InChI is InChI=1S/C23H24N4O2/c1-27-14-19(17-8-4-5-9-20(17)27)18(12-15-6-2-3-7-15)23(29)26-21-11-10-16(13-25-21)22(24)28/h4-5,8-15H,2-3,6-7H2,1H3,(H2,24,28)(H,25,26,29). The van der Waals surface area contributed by atoms with E-state index in [0.29, 0.717) is 22.9 Å². The molecule has 6 nitrogen and oxygen atoms in total. The highest BCUT2D eigenvalue weighted by atomic mass is 16.2. The van der Waals surface area contributed by atoms with Gasteiger partial charge in [0.1, 0.15) is 5.82 Å². The van der Waals surface area contributed by atoms with Gasteiger partial charge >= 0.3 is 0 Å². The Bertz CT molecular complexity index is 1090. The molecule has 3 N–H and O–H groups in total. The minimum absolute atomic E-state index is 0.201. The molecule has 2 heterocycles. The lowest BCUT2D eigenvalue weighted by Crippen LogP contribution is -2.16. The van der Waals surface area contributed by atoms with Gasteiger partial charge in [-0.1, -0.05) is 37.1 Å². The molecule has 0 atom stereocenters. The summed E-state index contributed by atoms with van der Waals surface area (Å²) in [6, 6.07) is 11.2. The average molecular weight is 388 g/mol. The molecule has 4 rings (SSSR count). The second kappa shape index (κ2) is 7.91. The van der Waals surface area contributed by atoms with Gasteiger partial charge in [-0.05, 0) is 37.0 Å². The Morgan fingerprint density at radius 1 is 1.17 bits per heavy atom. The van der Waals surface area contributed by atoms with E-state index in [1.807, 2.05) is 42.1 Å². The van der Waals surface area contributed by atoms with E-state index in [-0.39, 0.29) is 5.91 Å². The van der Waals surface area contributed by atoms with Crippen molar-refractivity contribution in [3.63, 3.8) is 0 Å². The van der Waals surface area contributed by atoms with Crippen LogP contribution in [-0.4, -0.2) is 21.4 Å². The molecule has 1 aliphatic carbocycles. The highest BCUT2D eigenvalue weighted by molar-refractivity contribution is 6.27. The van der Waals surface area contributed by atoms with E-state index in [2.05, 4.69) is 16.4 Å². The highest BCUT2D eigenvalue weighted by Crippen LogP contribution is 2.33. The monoisotopic (exact) mass is 388 g/mol. The molecule has 6 heteroatoms. The number of pyridine rings is 1. The fraction of sp³-hybridized carbons (Fsp3) is 0.261. The van der Waals surface area contributed by atoms with Gasteiger partial charge in [-0.15, -0.1) is 0 Å². The first-order valence-electron chi connectivity index (χ1n) is 9.86. The van der Waals surface area contributed by atoms with E-state index in [0.717, 1.165) is 29.3 Å². The van der Waals surface area contributed by atoms with Crippen LogP contribution in [-0.2, 0) is 11.8 Å². The average Bonchev–Trinajstić information content (AvgIpc) is 3.35. The maximum atomic E-state index is 13.3. The number of nitrogens with two attached hydrogens (primary N) is 1. The van der Waals surface area contributed by atoms with Gasteiger partial charge in [0.05, 0.1) is 5.56 Å². The summed E-state index contributed by atoms with van der Waals surface area (Å²) in [6.07, 6.45) is 10.1. The van der Waals surface area contributed by atoms with E-state index >= 15 is 0 Å². The zero-order chi connectivity index (χ0) is 20.4. The lowest BCUT2D eigenvalue weighted by Gasteiger charge is -2.11. The van der Waals surface area contributed by atoms with Crippen LogP contribution in [0.1, 0.15) is 41.6 Å². The summed E-state index contributed by atoms with van der Waals surface area (Å²) in [5.41, 5.74) is 8.22. The van der Waals surface area contributed by atoms with Crippen molar-refractivity contribution in [2.75, 3.05) is 5.32 Å². The molecular formula is C23H24N4O2. The number of rotatable bonds is 5. The normalized spacial score (nSPS) is 15.0. The van der Waals surface area contributed by atoms with Crippen molar-refractivity contribution in [1.82, 2.24) is 9.55 Å². The molecule has 1 saturated carbocycles. The van der Waals surface area contributed by atoms with Crippen LogP contribution in [0.5, 0.6) is 0 Å². The summed E-state index contributed by atoms with van der Waals surface area (Å²) in [5.74, 6) is 0.0398. The first-order valence-corrected chi connectivity index (χ1v) is 9.86. The van der Waals surface area contributed by atoms with Gasteiger partial charge < -0.3 is 15.6 Å². The van der Waals surface area contributed by atoms with Crippen LogP contribution in [0.4, 0.5) is 5.82 Å². The number of anilines is 1. The molecule has 2 aromatic heterocycles. The third-order valence-corrected chi connectivity index (χ3v) is 5.52. The van der Waals surface area contributed by atoms with Crippen LogP contribution in [0.2, 0.25) is 0 Å². The zero-order valence-corrected chi connectivity index (χ0v) is 16.4. The summed E-state index contributed by atoms with van der Waals surface area (Å²) in [4.78, 5) is 28.6. The fourth-order valence-corrected chi connectivity index (χ4v) is 4.00. The van der Waals surface area contributed by atoms with Gasteiger partial charge in [0.25, 0.3) is 5.91 Å².